The highest BCUT2D eigenvalue weighted by molar-refractivity contribution is 7.54. The lowest BCUT2D eigenvalue weighted by Crippen LogP contribution is -2.31. The van der Waals surface area contributed by atoms with Gasteiger partial charge in [-0.05, 0) is 42.8 Å². The van der Waals surface area contributed by atoms with Crippen molar-refractivity contribution in [2.75, 3.05) is 19.8 Å². The summed E-state index contributed by atoms with van der Waals surface area (Å²) in [7, 11) is -3.77. The topological polar surface area (TPSA) is 84.2 Å². The molecule has 28 heavy (non-hydrogen) atoms. The van der Waals surface area contributed by atoms with E-state index in [0.29, 0.717) is 10.8 Å². The predicted molar refractivity (Wildman–Crippen MR) is 103 cm³/mol. The first kappa shape index (κ1) is 20.9. The summed E-state index contributed by atoms with van der Waals surface area (Å²) in [5.41, 5.74) is 0.484. The molecule has 1 unspecified atom stereocenters. The van der Waals surface area contributed by atoms with Crippen LogP contribution in [0.3, 0.4) is 0 Å². The zero-order chi connectivity index (χ0) is 20.4. The van der Waals surface area contributed by atoms with Crippen LogP contribution in [-0.4, -0.2) is 25.8 Å². The standard InChI is InChI=1S/C19H22ClO7P/c1-13-9-14(20)6-7-15(13)24-10-17(21)27-18(16-5-4-8-23-16)28(22)25-11-19(2,3)12-26-28/h4-9,18H,10-12H2,1-3H3. The van der Waals surface area contributed by atoms with E-state index in [4.69, 9.17) is 34.5 Å². The van der Waals surface area contributed by atoms with Crippen LogP contribution in [0.2, 0.25) is 5.02 Å². The van der Waals surface area contributed by atoms with Crippen LogP contribution >= 0.6 is 19.2 Å². The van der Waals surface area contributed by atoms with E-state index in [0.717, 1.165) is 5.56 Å². The third-order valence-electron chi connectivity index (χ3n) is 4.07. The van der Waals surface area contributed by atoms with Crippen molar-refractivity contribution in [3.63, 3.8) is 0 Å². The molecule has 0 bridgehead atoms. The number of furan rings is 1. The minimum absolute atomic E-state index is 0.180. The Morgan fingerprint density at radius 1 is 1.29 bits per heavy atom. The second-order valence-electron chi connectivity index (χ2n) is 7.31. The largest absolute Gasteiger partial charge is 0.482 e. The predicted octanol–water partition coefficient (Wildman–Crippen LogP) is 5.13. The molecular weight excluding hydrogens is 407 g/mol. The fourth-order valence-electron chi connectivity index (χ4n) is 2.52. The highest BCUT2D eigenvalue weighted by Gasteiger charge is 2.47. The Balaban J connectivity index is 1.70. The second kappa shape index (κ2) is 8.29. The fraction of sp³-hybridized carbons (Fsp3) is 0.421. The van der Waals surface area contributed by atoms with Gasteiger partial charge in [0.05, 0.1) is 19.5 Å². The van der Waals surface area contributed by atoms with Gasteiger partial charge in [0, 0.05) is 10.4 Å². The average Bonchev–Trinajstić information content (AvgIpc) is 3.16. The SMILES string of the molecule is Cc1cc(Cl)ccc1OCC(=O)OC(c1ccco1)P1(=O)OCC(C)(C)CO1. The van der Waals surface area contributed by atoms with Crippen molar-refractivity contribution in [2.45, 2.75) is 26.6 Å². The highest BCUT2D eigenvalue weighted by atomic mass is 35.5. The van der Waals surface area contributed by atoms with Crippen LogP contribution in [0, 0.1) is 12.3 Å². The number of carbonyl (C=O) groups excluding carboxylic acids is 1. The lowest BCUT2D eigenvalue weighted by atomic mass is 9.97. The van der Waals surface area contributed by atoms with Crippen molar-refractivity contribution in [1.29, 1.82) is 0 Å². The number of benzene rings is 1. The smallest absolute Gasteiger partial charge is 0.378 e. The first-order valence-corrected chi connectivity index (χ1v) is 10.7. The van der Waals surface area contributed by atoms with Crippen LogP contribution in [0.25, 0.3) is 0 Å². The van der Waals surface area contributed by atoms with Crippen molar-refractivity contribution in [3.05, 3.63) is 52.9 Å². The summed E-state index contributed by atoms with van der Waals surface area (Å²) in [5, 5.41) is 0.568. The summed E-state index contributed by atoms with van der Waals surface area (Å²) in [6.45, 7) is 5.69. The van der Waals surface area contributed by atoms with Gasteiger partial charge in [0.2, 0.25) is 0 Å². The van der Waals surface area contributed by atoms with Gasteiger partial charge in [-0.15, -0.1) is 0 Å². The summed E-state index contributed by atoms with van der Waals surface area (Å²) in [6.07, 6.45) is 1.39. The molecule has 152 valence electrons. The van der Waals surface area contributed by atoms with Crippen molar-refractivity contribution in [3.8, 4) is 5.75 Å². The van der Waals surface area contributed by atoms with Gasteiger partial charge in [-0.2, -0.15) is 0 Å². The minimum Gasteiger partial charge on any atom is -0.482 e. The van der Waals surface area contributed by atoms with E-state index < -0.39 is 19.4 Å². The van der Waals surface area contributed by atoms with Gasteiger partial charge in [-0.3, -0.25) is 4.57 Å². The van der Waals surface area contributed by atoms with Crippen molar-refractivity contribution >= 4 is 25.2 Å². The molecule has 1 saturated heterocycles. The van der Waals surface area contributed by atoms with Crippen molar-refractivity contribution in [1.82, 2.24) is 0 Å². The second-order valence-corrected chi connectivity index (χ2v) is 9.81. The molecule has 1 atom stereocenters. The number of carbonyl (C=O) groups is 1. The Morgan fingerprint density at radius 2 is 2.00 bits per heavy atom. The first-order valence-electron chi connectivity index (χ1n) is 8.69. The maximum atomic E-state index is 13.2. The van der Waals surface area contributed by atoms with Gasteiger partial charge in [0.15, 0.2) is 12.4 Å². The van der Waals surface area contributed by atoms with Crippen molar-refractivity contribution < 1.29 is 32.3 Å². The third kappa shape index (κ3) is 4.97. The summed E-state index contributed by atoms with van der Waals surface area (Å²) in [5.74, 6) is -1.36. The summed E-state index contributed by atoms with van der Waals surface area (Å²) < 4.78 is 40.4. The number of hydrogen-bond acceptors (Lipinski definition) is 7. The Morgan fingerprint density at radius 3 is 2.61 bits per heavy atom. The van der Waals surface area contributed by atoms with Gasteiger partial charge in [0.25, 0.3) is 5.85 Å². The average molecular weight is 429 g/mol. The number of hydrogen-bond donors (Lipinski definition) is 0. The Hall–Kier alpha value is -1.79. The molecule has 1 aromatic heterocycles. The van der Waals surface area contributed by atoms with Gasteiger partial charge >= 0.3 is 13.6 Å². The van der Waals surface area contributed by atoms with Crippen LogP contribution in [0.5, 0.6) is 5.75 Å². The van der Waals surface area contributed by atoms with E-state index in [1.54, 1.807) is 30.3 Å². The van der Waals surface area contributed by atoms with Crippen LogP contribution < -0.4 is 4.74 Å². The number of rotatable bonds is 6. The molecule has 2 aromatic rings. The monoisotopic (exact) mass is 428 g/mol. The minimum atomic E-state index is -3.77. The Kier molecular flexibility index (Phi) is 6.20. The molecule has 1 fully saturated rings. The first-order chi connectivity index (χ1) is 13.2. The number of aryl methyl sites for hydroxylation is 1. The number of esters is 1. The van der Waals surface area contributed by atoms with Gasteiger partial charge in [-0.1, -0.05) is 25.4 Å². The Labute approximate surface area is 168 Å². The molecule has 9 heteroatoms. The van der Waals surface area contributed by atoms with E-state index in [-0.39, 0.29) is 31.0 Å². The fourth-order valence-corrected chi connectivity index (χ4v) is 4.86. The van der Waals surface area contributed by atoms with E-state index in [1.807, 2.05) is 20.8 Å². The number of halogens is 1. The molecule has 0 amide bonds. The quantitative estimate of drug-likeness (QED) is 0.466. The molecule has 0 saturated carbocycles. The molecule has 0 radical (unpaired) electrons. The van der Waals surface area contributed by atoms with Gasteiger partial charge < -0.3 is 22.9 Å². The molecule has 1 aliphatic rings. The molecule has 1 aliphatic heterocycles. The van der Waals surface area contributed by atoms with Crippen LogP contribution in [-0.2, 0) is 23.1 Å². The van der Waals surface area contributed by atoms with Gasteiger partial charge in [-0.25, -0.2) is 4.79 Å². The molecule has 2 heterocycles. The van der Waals surface area contributed by atoms with E-state index in [2.05, 4.69) is 0 Å². The molecule has 7 nitrogen and oxygen atoms in total. The molecule has 3 rings (SSSR count). The lowest BCUT2D eigenvalue weighted by Gasteiger charge is -2.36. The van der Waals surface area contributed by atoms with Crippen LogP contribution in [0.15, 0.2) is 41.0 Å². The normalized spacial score (nSPS) is 19.0. The summed E-state index contributed by atoms with van der Waals surface area (Å²) >= 11 is 5.91. The Bertz CT molecular complexity index is 864. The molecule has 0 spiro atoms. The third-order valence-corrected chi connectivity index (χ3v) is 6.22. The van der Waals surface area contributed by atoms with E-state index in [1.165, 1.54) is 6.26 Å². The maximum absolute atomic E-state index is 13.2. The van der Waals surface area contributed by atoms with E-state index in [9.17, 15) is 9.36 Å². The lowest BCUT2D eigenvalue weighted by molar-refractivity contribution is -0.150. The summed E-state index contributed by atoms with van der Waals surface area (Å²) in [4.78, 5) is 12.4. The van der Waals surface area contributed by atoms with Crippen molar-refractivity contribution in [2.24, 2.45) is 5.41 Å². The number of ether oxygens (including phenoxy) is 2. The maximum Gasteiger partial charge on any atom is 0.378 e. The molecule has 0 aliphatic carbocycles. The van der Waals surface area contributed by atoms with Gasteiger partial charge in [0.1, 0.15) is 5.75 Å². The van der Waals surface area contributed by atoms with E-state index >= 15 is 0 Å². The summed E-state index contributed by atoms with van der Waals surface area (Å²) in [6, 6.07) is 8.19. The zero-order valence-electron chi connectivity index (χ0n) is 15.8. The zero-order valence-corrected chi connectivity index (χ0v) is 17.5. The van der Waals surface area contributed by atoms with Crippen LogP contribution in [0.4, 0.5) is 0 Å². The molecular formula is C19H22ClO7P. The highest BCUT2D eigenvalue weighted by Crippen LogP contribution is 2.64. The molecule has 0 N–H and O–H groups in total. The van der Waals surface area contributed by atoms with Crippen LogP contribution in [0.1, 0.15) is 31.0 Å². The molecule has 1 aromatic carbocycles.